The maximum atomic E-state index is 14.4. The number of rotatable bonds is 3. The number of hydrogen-bond acceptors (Lipinski definition) is 5. The van der Waals surface area contributed by atoms with Crippen LogP contribution in [0.4, 0.5) is 5.69 Å². The van der Waals surface area contributed by atoms with Gasteiger partial charge in [0.2, 0.25) is 11.8 Å². The lowest BCUT2D eigenvalue weighted by Crippen LogP contribution is -2.50. The number of anilines is 1. The Hall–Kier alpha value is -3.52. The Bertz CT molecular complexity index is 1760. The second-order valence-electron chi connectivity index (χ2n) is 10.9. The minimum atomic E-state index is -1.17. The van der Waals surface area contributed by atoms with Crippen LogP contribution in [0, 0.1) is 17.8 Å². The van der Waals surface area contributed by atoms with Gasteiger partial charge >= 0.3 is 0 Å². The summed E-state index contributed by atoms with van der Waals surface area (Å²) in [5, 5.41) is 4.87. The van der Waals surface area contributed by atoms with Crippen LogP contribution >= 0.6 is 23.2 Å². The topological polar surface area (TPSA) is 84.3 Å². The number of nitrogens with zero attached hydrogens (tertiary/aromatic N) is 3. The maximum Gasteiger partial charge on any atom is 0.266 e. The van der Waals surface area contributed by atoms with Crippen LogP contribution in [-0.4, -0.2) is 27.4 Å². The molecular formula is C30H24Cl2N4O3. The highest BCUT2D eigenvalue weighted by atomic mass is 35.5. The molecule has 1 N–H and O–H groups in total. The molecular weight excluding hydrogens is 535 g/mol. The van der Waals surface area contributed by atoms with Gasteiger partial charge in [-0.1, -0.05) is 67.4 Å². The predicted octanol–water partition coefficient (Wildman–Crippen LogP) is 5.07. The van der Waals surface area contributed by atoms with E-state index in [2.05, 4.69) is 19.2 Å². The lowest BCUT2D eigenvalue weighted by molar-refractivity contribution is -0.123. The van der Waals surface area contributed by atoms with Crippen LogP contribution in [0.3, 0.4) is 0 Å². The average molecular weight is 559 g/mol. The van der Waals surface area contributed by atoms with Crippen LogP contribution < -0.4 is 15.8 Å². The molecule has 7 rings (SSSR count). The second kappa shape index (κ2) is 8.49. The molecule has 2 saturated heterocycles. The van der Waals surface area contributed by atoms with E-state index in [1.165, 1.54) is 4.90 Å². The summed E-state index contributed by atoms with van der Waals surface area (Å²) in [4.78, 5) is 48.7. The van der Waals surface area contributed by atoms with Gasteiger partial charge in [0.25, 0.3) is 5.56 Å². The lowest BCUT2D eigenvalue weighted by Gasteiger charge is -2.32. The zero-order chi connectivity index (χ0) is 27.2. The third-order valence-electron chi connectivity index (χ3n) is 8.19. The number of hydrogen-bond donors (Lipinski definition) is 1. The van der Waals surface area contributed by atoms with Crippen LogP contribution in [0.2, 0.25) is 10.0 Å². The third kappa shape index (κ3) is 3.27. The molecule has 0 unspecified atom stereocenters. The smallest absolute Gasteiger partial charge is 0.266 e. The predicted molar refractivity (Wildman–Crippen MR) is 150 cm³/mol. The molecule has 3 aromatic carbocycles. The van der Waals surface area contributed by atoms with Gasteiger partial charge in [-0.2, -0.15) is 0 Å². The van der Waals surface area contributed by atoms with Crippen LogP contribution in [0.5, 0.6) is 0 Å². The summed E-state index contributed by atoms with van der Waals surface area (Å²) < 4.78 is 1.61. The van der Waals surface area contributed by atoms with Gasteiger partial charge in [-0.15, -0.1) is 0 Å². The summed E-state index contributed by atoms with van der Waals surface area (Å²) in [6.07, 6.45) is 0.659. The summed E-state index contributed by atoms with van der Waals surface area (Å²) >= 11 is 12.6. The number of aromatic nitrogens is 2. The molecule has 0 bridgehead atoms. The Kier molecular flexibility index (Phi) is 5.34. The third-order valence-corrected chi connectivity index (χ3v) is 8.63. The molecule has 3 aliphatic rings. The second-order valence-corrected chi connectivity index (χ2v) is 11.8. The van der Waals surface area contributed by atoms with Crippen molar-refractivity contribution >= 4 is 51.6 Å². The van der Waals surface area contributed by atoms with Crippen molar-refractivity contribution in [3.05, 3.63) is 98.5 Å². The van der Waals surface area contributed by atoms with Crippen molar-refractivity contribution in [3.8, 4) is 5.69 Å². The highest BCUT2D eigenvalue weighted by Crippen LogP contribution is 2.56. The lowest BCUT2D eigenvalue weighted by atomic mass is 9.75. The monoisotopic (exact) mass is 558 g/mol. The molecule has 4 atom stereocenters. The molecule has 0 aliphatic carbocycles. The van der Waals surface area contributed by atoms with Gasteiger partial charge in [0.1, 0.15) is 11.4 Å². The van der Waals surface area contributed by atoms with Crippen molar-refractivity contribution in [1.29, 1.82) is 0 Å². The molecule has 9 heteroatoms. The summed E-state index contributed by atoms with van der Waals surface area (Å²) in [5.74, 6) is -1.49. The summed E-state index contributed by atoms with van der Waals surface area (Å²) in [5.41, 5.74) is 0.927. The van der Waals surface area contributed by atoms with E-state index in [1.807, 2.05) is 36.4 Å². The maximum absolute atomic E-state index is 14.4. The van der Waals surface area contributed by atoms with Gasteiger partial charge in [-0.25, -0.2) is 9.88 Å². The first-order valence-corrected chi connectivity index (χ1v) is 13.7. The van der Waals surface area contributed by atoms with Crippen LogP contribution in [0.15, 0.2) is 71.5 Å². The number of nitrogens with one attached hydrogen (secondary N) is 1. The minimum absolute atomic E-state index is 0.208. The van der Waals surface area contributed by atoms with E-state index >= 15 is 0 Å². The largest absolute Gasteiger partial charge is 0.297 e. The van der Waals surface area contributed by atoms with E-state index < -0.39 is 17.4 Å². The van der Waals surface area contributed by atoms with Crippen LogP contribution in [-0.2, 0) is 15.1 Å². The Balaban J connectivity index is 1.52. The van der Waals surface area contributed by atoms with Crippen molar-refractivity contribution < 1.29 is 9.59 Å². The van der Waals surface area contributed by atoms with Crippen LogP contribution in [0.1, 0.15) is 31.7 Å². The molecule has 2 fully saturated rings. The Morgan fingerprint density at radius 3 is 2.38 bits per heavy atom. The number of carbonyl (C=O) groups excluding carboxylic acids is 2. The quantitative estimate of drug-likeness (QED) is 0.355. The Labute approximate surface area is 234 Å². The molecule has 0 radical (unpaired) electrons. The number of carbonyl (C=O) groups is 2. The molecule has 39 heavy (non-hydrogen) atoms. The molecule has 3 aliphatic heterocycles. The van der Waals surface area contributed by atoms with Crippen molar-refractivity contribution in [2.24, 2.45) is 17.8 Å². The Morgan fingerprint density at radius 2 is 1.64 bits per heavy atom. The highest BCUT2D eigenvalue weighted by molar-refractivity contribution is 6.35. The van der Waals surface area contributed by atoms with Gasteiger partial charge in [0.05, 0.1) is 34.1 Å². The number of amides is 2. The first-order chi connectivity index (χ1) is 18.7. The first kappa shape index (κ1) is 24.5. The normalized spacial score (nSPS) is 25.2. The van der Waals surface area contributed by atoms with Crippen LogP contribution in [0.25, 0.3) is 16.6 Å². The average Bonchev–Trinajstić information content (AvgIpc) is 3.46. The van der Waals surface area contributed by atoms with Crippen molar-refractivity contribution in [1.82, 2.24) is 14.9 Å². The van der Waals surface area contributed by atoms with Gasteiger partial charge in [-0.3, -0.25) is 24.3 Å². The standard InChI is InChI=1S/C30H24Cl2N4O3/c1-15(2)11-22-24-25(28(39)35(27(24)38)18-13-16(31)12-17(32)14-18)30(34-22)20-8-4-6-10-23(20)36-26(37)19-7-3-5-9-21(19)33-29(30)36/h3-10,12-15,22,24-25,34H,11H2,1-2H3/t22-,24+,25-,30+/m1/s1. The number of halogens is 2. The van der Waals surface area contributed by atoms with E-state index in [0.717, 1.165) is 5.56 Å². The first-order valence-electron chi connectivity index (χ1n) is 13.0. The molecule has 1 aromatic heterocycles. The molecule has 2 amide bonds. The fourth-order valence-corrected chi connectivity index (χ4v) is 7.37. The summed E-state index contributed by atoms with van der Waals surface area (Å²) in [6, 6.07) is 19.1. The molecule has 196 valence electrons. The molecule has 0 saturated carbocycles. The SMILES string of the molecule is CC(C)C[C@H]1N[C@@]2(c3ccccc3-n3c2nc2ccccc2c3=O)[C@H]2C(=O)N(c3cc(Cl)cc(Cl)c3)C(=O)[C@@H]12. The van der Waals surface area contributed by atoms with Crippen molar-refractivity contribution in [2.75, 3.05) is 4.90 Å². The van der Waals surface area contributed by atoms with Gasteiger partial charge in [-0.05, 0) is 48.7 Å². The zero-order valence-electron chi connectivity index (χ0n) is 21.2. The molecule has 4 heterocycles. The highest BCUT2D eigenvalue weighted by Gasteiger charge is 2.69. The fourth-order valence-electron chi connectivity index (χ4n) is 6.85. The van der Waals surface area contributed by atoms with E-state index in [-0.39, 0.29) is 29.3 Å². The van der Waals surface area contributed by atoms with E-state index in [1.54, 1.807) is 34.9 Å². The Morgan fingerprint density at radius 1 is 0.949 bits per heavy atom. The van der Waals surface area contributed by atoms with E-state index in [9.17, 15) is 14.4 Å². The summed E-state index contributed by atoms with van der Waals surface area (Å²) in [7, 11) is 0. The van der Waals surface area contributed by atoms with Crippen molar-refractivity contribution in [2.45, 2.75) is 31.8 Å². The molecule has 7 nitrogen and oxygen atoms in total. The molecule has 1 spiro atoms. The number of para-hydroxylation sites is 2. The van der Waals surface area contributed by atoms with Gasteiger partial charge < -0.3 is 0 Å². The fraction of sp³-hybridized carbons (Fsp3) is 0.267. The number of benzene rings is 3. The number of imide groups is 1. The van der Waals surface area contributed by atoms with Gasteiger partial charge in [0.15, 0.2) is 0 Å². The number of fused-ring (bicyclic) bond motifs is 8. The minimum Gasteiger partial charge on any atom is -0.297 e. The van der Waals surface area contributed by atoms with E-state index in [0.29, 0.717) is 44.6 Å². The van der Waals surface area contributed by atoms with Gasteiger partial charge in [0, 0.05) is 21.7 Å². The van der Waals surface area contributed by atoms with E-state index in [4.69, 9.17) is 28.2 Å². The zero-order valence-corrected chi connectivity index (χ0v) is 22.7. The van der Waals surface area contributed by atoms with Crippen molar-refractivity contribution in [3.63, 3.8) is 0 Å². The summed E-state index contributed by atoms with van der Waals surface area (Å²) in [6.45, 7) is 4.18. The molecule has 4 aromatic rings.